The van der Waals surface area contributed by atoms with E-state index in [0.29, 0.717) is 0 Å². The summed E-state index contributed by atoms with van der Waals surface area (Å²) in [6.45, 7) is 8.78. The first kappa shape index (κ1) is 14.4. The topological polar surface area (TPSA) is 15.3 Å². The van der Waals surface area contributed by atoms with Gasteiger partial charge in [-0.3, -0.25) is 0 Å². The zero-order valence-electron chi connectivity index (χ0n) is 11.0. The van der Waals surface area contributed by atoms with Crippen LogP contribution in [0, 0.1) is 12.8 Å². The van der Waals surface area contributed by atoms with Crippen molar-refractivity contribution in [1.82, 2.24) is 5.32 Å². The summed E-state index contributed by atoms with van der Waals surface area (Å²) in [6, 6.07) is 4.38. The van der Waals surface area contributed by atoms with Crippen LogP contribution in [-0.2, 0) is 0 Å². The minimum absolute atomic E-state index is 0.769. The number of hydrogen-bond donors (Lipinski definition) is 1. The molecule has 100 valence electrons. The molecule has 2 nitrogen and oxygen atoms in total. The van der Waals surface area contributed by atoms with Crippen LogP contribution in [0.1, 0.15) is 18.9 Å². The number of nitrogens with one attached hydrogen (secondary N) is 1. The average Bonchev–Trinajstić information content (AvgIpc) is 2.73. The molecule has 1 aliphatic heterocycles. The fourth-order valence-electron chi connectivity index (χ4n) is 2.55. The van der Waals surface area contributed by atoms with Crippen LogP contribution in [0.3, 0.4) is 0 Å². The van der Waals surface area contributed by atoms with E-state index in [-0.39, 0.29) is 0 Å². The molecule has 1 N–H and O–H groups in total. The predicted molar refractivity (Wildman–Crippen MR) is 85.4 cm³/mol. The molecule has 2 rings (SSSR count). The number of benzene rings is 1. The molecule has 1 aromatic rings. The van der Waals surface area contributed by atoms with Crippen molar-refractivity contribution in [1.29, 1.82) is 0 Å². The van der Waals surface area contributed by atoms with Crippen molar-refractivity contribution in [2.45, 2.75) is 20.3 Å². The second-order valence-electron chi connectivity index (χ2n) is 4.99. The van der Waals surface area contributed by atoms with Gasteiger partial charge in [0.05, 0.1) is 5.69 Å². The Kier molecular flexibility index (Phi) is 5.10. The molecule has 0 aromatic heterocycles. The highest BCUT2D eigenvalue weighted by molar-refractivity contribution is 9.11. The molecule has 1 aliphatic rings. The summed E-state index contributed by atoms with van der Waals surface area (Å²) in [5, 5.41) is 3.45. The zero-order chi connectivity index (χ0) is 13.1. The van der Waals surface area contributed by atoms with Crippen molar-refractivity contribution in [3.05, 3.63) is 26.6 Å². The largest absolute Gasteiger partial charge is 0.369 e. The van der Waals surface area contributed by atoms with Crippen molar-refractivity contribution in [2.75, 3.05) is 31.1 Å². The third kappa shape index (κ3) is 3.28. The Bertz CT molecular complexity index is 397. The van der Waals surface area contributed by atoms with Gasteiger partial charge in [0.2, 0.25) is 0 Å². The first-order valence-electron chi connectivity index (χ1n) is 6.53. The maximum Gasteiger partial charge on any atom is 0.0655 e. The molecule has 0 bridgehead atoms. The lowest BCUT2D eigenvalue weighted by molar-refractivity contribution is 0.528. The molecule has 1 saturated heterocycles. The van der Waals surface area contributed by atoms with Gasteiger partial charge in [0.15, 0.2) is 0 Å². The maximum absolute atomic E-state index is 3.69. The molecule has 4 heteroatoms. The Labute approximate surface area is 126 Å². The van der Waals surface area contributed by atoms with Gasteiger partial charge in [0.25, 0.3) is 0 Å². The summed E-state index contributed by atoms with van der Waals surface area (Å²) >= 11 is 7.39. The van der Waals surface area contributed by atoms with E-state index in [2.05, 4.69) is 68.1 Å². The molecule has 0 aliphatic carbocycles. The van der Waals surface area contributed by atoms with Gasteiger partial charge in [0.1, 0.15) is 0 Å². The second kappa shape index (κ2) is 6.40. The van der Waals surface area contributed by atoms with Crippen molar-refractivity contribution in [3.63, 3.8) is 0 Å². The zero-order valence-corrected chi connectivity index (χ0v) is 14.1. The van der Waals surface area contributed by atoms with Crippen LogP contribution >= 0.6 is 31.9 Å². The van der Waals surface area contributed by atoms with Gasteiger partial charge in [0, 0.05) is 22.0 Å². The van der Waals surface area contributed by atoms with Gasteiger partial charge in [-0.25, -0.2) is 0 Å². The van der Waals surface area contributed by atoms with Crippen molar-refractivity contribution in [3.8, 4) is 0 Å². The molecule has 1 atom stereocenters. The standard InChI is InChI=1S/C14H20Br2N2/c1-3-17-8-11-4-5-18(9-11)14-12(15)6-10(2)7-13(14)16/h6-7,11,17H,3-5,8-9H2,1-2H3. The fourth-order valence-corrected chi connectivity index (χ4v) is 4.46. The highest BCUT2D eigenvalue weighted by Crippen LogP contribution is 2.37. The van der Waals surface area contributed by atoms with Crippen LogP contribution < -0.4 is 10.2 Å². The van der Waals surface area contributed by atoms with Crippen LogP contribution in [0.2, 0.25) is 0 Å². The molecular weight excluding hydrogens is 356 g/mol. The Balaban J connectivity index is 2.09. The number of hydrogen-bond acceptors (Lipinski definition) is 2. The van der Waals surface area contributed by atoms with E-state index in [1.54, 1.807) is 0 Å². The smallest absolute Gasteiger partial charge is 0.0655 e. The molecule has 0 radical (unpaired) electrons. The monoisotopic (exact) mass is 374 g/mol. The van der Waals surface area contributed by atoms with E-state index in [1.807, 2.05) is 0 Å². The average molecular weight is 376 g/mol. The minimum atomic E-state index is 0.769. The van der Waals surface area contributed by atoms with Crippen molar-refractivity contribution >= 4 is 37.5 Å². The summed E-state index contributed by atoms with van der Waals surface area (Å²) in [5.41, 5.74) is 2.58. The predicted octanol–water partition coefficient (Wildman–Crippen LogP) is 3.96. The molecular formula is C14H20Br2N2. The summed E-state index contributed by atoms with van der Waals surface area (Å²) in [7, 11) is 0. The van der Waals surface area contributed by atoms with Crippen LogP contribution in [0.5, 0.6) is 0 Å². The first-order valence-corrected chi connectivity index (χ1v) is 8.11. The number of rotatable bonds is 4. The quantitative estimate of drug-likeness (QED) is 0.856. The van der Waals surface area contributed by atoms with E-state index >= 15 is 0 Å². The van der Waals surface area contributed by atoms with E-state index in [1.165, 1.54) is 26.6 Å². The van der Waals surface area contributed by atoms with Crippen LogP contribution in [0.15, 0.2) is 21.1 Å². The third-order valence-corrected chi connectivity index (χ3v) is 4.66. The number of halogens is 2. The van der Waals surface area contributed by atoms with Crippen molar-refractivity contribution < 1.29 is 0 Å². The molecule has 1 heterocycles. The number of aryl methyl sites for hydroxylation is 1. The Morgan fingerprint density at radius 1 is 1.33 bits per heavy atom. The first-order chi connectivity index (χ1) is 8.61. The summed E-state index contributed by atoms with van der Waals surface area (Å²) < 4.78 is 2.39. The lowest BCUT2D eigenvalue weighted by Gasteiger charge is -2.22. The number of anilines is 1. The molecule has 0 spiro atoms. The molecule has 1 fully saturated rings. The SMILES string of the molecule is CCNCC1CCN(c2c(Br)cc(C)cc2Br)C1. The molecule has 1 unspecified atom stereocenters. The lowest BCUT2D eigenvalue weighted by Crippen LogP contribution is -2.26. The van der Waals surface area contributed by atoms with Crippen LogP contribution in [0.25, 0.3) is 0 Å². The molecule has 18 heavy (non-hydrogen) atoms. The van der Waals surface area contributed by atoms with Gasteiger partial charge >= 0.3 is 0 Å². The van der Waals surface area contributed by atoms with Crippen LogP contribution in [0.4, 0.5) is 5.69 Å². The van der Waals surface area contributed by atoms with E-state index in [9.17, 15) is 0 Å². The molecule has 0 amide bonds. The van der Waals surface area contributed by atoms with Gasteiger partial charge in [-0.05, 0) is 81.9 Å². The van der Waals surface area contributed by atoms with Gasteiger partial charge in [-0.1, -0.05) is 6.92 Å². The normalized spacial score (nSPS) is 19.6. The maximum atomic E-state index is 3.69. The highest BCUT2D eigenvalue weighted by atomic mass is 79.9. The second-order valence-corrected chi connectivity index (χ2v) is 6.69. The van der Waals surface area contributed by atoms with E-state index < -0.39 is 0 Å². The van der Waals surface area contributed by atoms with Gasteiger partial charge < -0.3 is 10.2 Å². The molecule has 1 aromatic carbocycles. The Morgan fingerprint density at radius 3 is 2.61 bits per heavy atom. The number of nitrogens with zero attached hydrogens (tertiary/aromatic N) is 1. The van der Waals surface area contributed by atoms with Crippen molar-refractivity contribution in [2.24, 2.45) is 5.92 Å². The van der Waals surface area contributed by atoms with E-state index in [4.69, 9.17) is 0 Å². The summed E-state index contributed by atoms with van der Waals surface area (Å²) in [4.78, 5) is 2.48. The fraction of sp³-hybridized carbons (Fsp3) is 0.571. The Hall–Kier alpha value is -0.0600. The lowest BCUT2D eigenvalue weighted by atomic mass is 10.1. The summed E-state index contributed by atoms with van der Waals surface area (Å²) in [5.74, 6) is 0.769. The van der Waals surface area contributed by atoms with E-state index in [0.717, 1.165) is 32.1 Å². The molecule has 0 saturated carbocycles. The Morgan fingerprint density at radius 2 is 2.00 bits per heavy atom. The minimum Gasteiger partial charge on any atom is -0.369 e. The highest BCUT2D eigenvalue weighted by Gasteiger charge is 2.25. The van der Waals surface area contributed by atoms with Gasteiger partial charge in [-0.2, -0.15) is 0 Å². The summed E-state index contributed by atoms with van der Waals surface area (Å²) in [6.07, 6.45) is 1.28. The van der Waals surface area contributed by atoms with Crippen LogP contribution in [-0.4, -0.2) is 26.2 Å². The van der Waals surface area contributed by atoms with Gasteiger partial charge in [-0.15, -0.1) is 0 Å². The third-order valence-electron chi connectivity index (χ3n) is 3.45.